The second-order valence-corrected chi connectivity index (χ2v) is 5.68. The van der Waals surface area contributed by atoms with E-state index < -0.39 is 0 Å². The molecule has 0 bridgehead atoms. The lowest BCUT2D eigenvalue weighted by molar-refractivity contribution is -0.130. The van der Waals surface area contributed by atoms with Gasteiger partial charge in [0.2, 0.25) is 5.91 Å². The van der Waals surface area contributed by atoms with Crippen LogP contribution in [0.2, 0.25) is 10.0 Å². The van der Waals surface area contributed by atoms with E-state index in [4.69, 9.17) is 23.2 Å². The van der Waals surface area contributed by atoms with Gasteiger partial charge in [0.25, 0.3) is 0 Å². The first-order valence-corrected chi connectivity index (χ1v) is 6.72. The van der Waals surface area contributed by atoms with Crippen LogP contribution in [0.15, 0.2) is 18.2 Å². The molecule has 1 atom stereocenters. The maximum atomic E-state index is 11.6. The van der Waals surface area contributed by atoms with Crippen LogP contribution in [-0.4, -0.2) is 23.6 Å². The Morgan fingerprint density at radius 3 is 2.88 bits per heavy atom. The summed E-state index contributed by atoms with van der Waals surface area (Å²) in [6.07, 6.45) is 0.600. The summed E-state index contributed by atoms with van der Waals surface area (Å²) in [6.45, 7) is 0. The van der Waals surface area contributed by atoms with Gasteiger partial charge in [-0.05, 0) is 12.1 Å². The lowest BCUT2D eigenvalue weighted by Crippen LogP contribution is -2.33. The summed E-state index contributed by atoms with van der Waals surface area (Å²) in [5, 5.41) is 1.24. The van der Waals surface area contributed by atoms with Crippen molar-refractivity contribution in [3.63, 3.8) is 0 Å². The van der Waals surface area contributed by atoms with Gasteiger partial charge in [-0.1, -0.05) is 29.3 Å². The van der Waals surface area contributed by atoms with Crippen LogP contribution in [-0.2, 0) is 4.79 Å². The topological polar surface area (TPSA) is 20.3 Å². The number of benzene rings is 1. The van der Waals surface area contributed by atoms with E-state index in [1.165, 1.54) is 0 Å². The number of carbonyl (C=O) groups is 1. The van der Waals surface area contributed by atoms with Gasteiger partial charge >= 0.3 is 0 Å². The molecule has 1 aliphatic rings. The minimum atomic E-state index is 0.00557. The van der Waals surface area contributed by atoms with Crippen LogP contribution in [0.5, 0.6) is 0 Å². The molecule has 2 nitrogen and oxygen atoms in total. The third kappa shape index (κ3) is 2.31. The van der Waals surface area contributed by atoms with Crippen LogP contribution in [0.4, 0.5) is 0 Å². The first-order valence-electron chi connectivity index (χ1n) is 4.92. The molecule has 86 valence electrons. The number of hydrogen-bond donors (Lipinski definition) is 0. The zero-order chi connectivity index (χ0) is 11.7. The Kier molecular flexibility index (Phi) is 3.67. The van der Waals surface area contributed by atoms with Crippen molar-refractivity contribution in [3.8, 4) is 0 Å². The molecular formula is C11H11Cl2NOS. The second-order valence-electron chi connectivity index (χ2n) is 3.64. The fourth-order valence-corrected chi connectivity index (χ4v) is 3.50. The predicted octanol–water partition coefficient (Wildman–Crippen LogP) is 3.59. The summed E-state index contributed by atoms with van der Waals surface area (Å²) in [5.74, 6) is 1.00. The molecule has 0 aliphatic carbocycles. The van der Waals surface area contributed by atoms with Crippen LogP contribution < -0.4 is 0 Å². The largest absolute Gasteiger partial charge is 0.330 e. The Morgan fingerprint density at radius 2 is 2.19 bits per heavy atom. The normalized spacial score (nSPS) is 21.3. The first-order chi connectivity index (χ1) is 7.59. The molecule has 1 heterocycles. The van der Waals surface area contributed by atoms with E-state index in [1.54, 1.807) is 28.8 Å². The van der Waals surface area contributed by atoms with Crippen molar-refractivity contribution < 1.29 is 4.79 Å². The van der Waals surface area contributed by atoms with Gasteiger partial charge < -0.3 is 4.90 Å². The number of rotatable bonds is 1. The zero-order valence-electron chi connectivity index (χ0n) is 8.74. The van der Waals surface area contributed by atoms with E-state index >= 15 is 0 Å². The number of amides is 1. The Bertz CT molecular complexity index is 424. The Balaban J connectivity index is 2.32. The van der Waals surface area contributed by atoms with Gasteiger partial charge in [-0.2, -0.15) is 0 Å². The minimum Gasteiger partial charge on any atom is -0.330 e. The van der Waals surface area contributed by atoms with E-state index in [0.717, 1.165) is 11.3 Å². The fraction of sp³-hybridized carbons (Fsp3) is 0.364. The quantitative estimate of drug-likeness (QED) is 0.781. The van der Waals surface area contributed by atoms with E-state index in [2.05, 4.69) is 0 Å². The molecule has 1 unspecified atom stereocenters. The van der Waals surface area contributed by atoms with Gasteiger partial charge in [0.15, 0.2) is 0 Å². The zero-order valence-corrected chi connectivity index (χ0v) is 11.1. The molecule has 1 saturated heterocycles. The Morgan fingerprint density at radius 1 is 1.44 bits per heavy atom. The molecular weight excluding hydrogens is 265 g/mol. The Hall–Kier alpha value is -0.380. The third-order valence-corrected chi connectivity index (χ3v) is 4.45. The highest BCUT2D eigenvalue weighted by Gasteiger charge is 2.27. The molecule has 0 spiro atoms. The van der Waals surface area contributed by atoms with Gasteiger partial charge in [-0.3, -0.25) is 4.79 Å². The van der Waals surface area contributed by atoms with Gasteiger partial charge in [0.1, 0.15) is 5.37 Å². The molecule has 1 aromatic rings. The monoisotopic (exact) mass is 275 g/mol. The fourth-order valence-electron chi connectivity index (χ4n) is 1.68. The minimum absolute atomic E-state index is 0.00557. The summed E-state index contributed by atoms with van der Waals surface area (Å²) < 4.78 is 0. The lowest BCUT2D eigenvalue weighted by atomic mass is 10.2. The molecule has 0 aromatic heterocycles. The van der Waals surface area contributed by atoms with Gasteiger partial charge in [0.05, 0.1) is 0 Å². The lowest BCUT2D eigenvalue weighted by Gasteiger charge is -2.32. The molecule has 0 radical (unpaired) electrons. The van der Waals surface area contributed by atoms with Crippen molar-refractivity contribution in [2.45, 2.75) is 11.8 Å². The van der Waals surface area contributed by atoms with E-state index in [-0.39, 0.29) is 11.3 Å². The van der Waals surface area contributed by atoms with E-state index in [9.17, 15) is 4.79 Å². The summed E-state index contributed by atoms with van der Waals surface area (Å²) in [4.78, 5) is 13.3. The highest BCUT2D eigenvalue weighted by atomic mass is 35.5. The van der Waals surface area contributed by atoms with Crippen LogP contribution >= 0.6 is 35.0 Å². The van der Waals surface area contributed by atoms with E-state index in [0.29, 0.717) is 16.5 Å². The summed E-state index contributed by atoms with van der Waals surface area (Å²) in [6, 6.07) is 5.40. The molecule has 1 aliphatic heterocycles. The van der Waals surface area contributed by atoms with E-state index in [1.807, 2.05) is 13.1 Å². The smallest absolute Gasteiger partial charge is 0.224 e. The third-order valence-electron chi connectivity index (χ3n) is 2.57. The average molecular weight is 276 g/mol. The first kappa shape index (κ1) is 12.1. The second kappa shape index (κ2) is 4.86. The number of carbonyl (C=O) groups excluding carboxylic acids is 1. The highest BCUT2D eigenvalue weighted by molar-refractivity contribution is 7.99. The molecule has 5 heteroatoms. The molecule has 0 N–H and O–H groups in total. The number of hydrogen-bond acceptors (Lipinski definition) is 2. The molecule has 2 rings (SSSR count). The number of nitrogens with zero attached hydrogens (tertiary/aromatic N) is 1. The number of thioether (sulfide) groups is 1. The predicted molar refractivity (Wildman–Crippen MR) is 69.0 cm³/mol. The molecule has 1 amide bonds. The van der Waals surface area contributed by atoms with Gasteiger partial charge in [0, 0.05) is 34.8 Å². The molecule has 1 aromatic carbocycles. The summed E-state index contributed by atoms with van der Waals surface area (Å²) in [7, 11) is 1.81. The van der Waals surface area contributed by atoms with Crippen molar-refractivity contribution in [2.24, 2.45) is 0 Å². The molecule has 1 fully saturated rings. The average Bonchev–Trinajstić information content (AvgIpc) is 2.23. The standard InChI is InChI=1S/C11H11Cl2NOS/c1-14-10(15)4-5-16-11(14)8-3-2-7(12)6-9(8)13/h2-3,6,11H,4-5H2,1H3. The van der Waals surface area contributed by atoms with Crippen LogP contribution in [0.25, 0.3) is 0 Å². The Labute approximate surface area is 109 Å². The van der Waals surface area contributed by atoms with Crippen molar-refractivity contribution in [1.82, 2.24) is 4.90 Å². The van der Waals surface area contributed by atoms with Gasteiger partial charge in [-0.25, -0.2) is 0 Å². The molecule has 16 heavy (non-hydrogen) atoms. The van der Waals surface area contributed by atoms with Crippen molar-refractivity contribution in [1.29, 1.82) is 0 Å². The molecule has 0 saturated carbocycles. The van der Waals surface area contributed by atoms with Crippen LogP contribution in [0.1, 0.15) is 17.4 Å². The summed E-state index contributed by atoms with van der Waals surface area (Å²) in [5.41, 5.74) is 0.951. The van der Waals surface area contributed by atoms with Crippen LogP contribution in [0, 0.1) is 0 Å². The SMILES string of the molecule is CN1C(=O)CCSC1c1ccc(Cl)cc1Cl. The maximum Gasteiger partial charge on any atom is 0.224 e. The number of halogens is 2. The maximum absolute atomic E-state index is 11.6. The highest BCUT2D eigenvalue weighted by Crippen LogP contribution is 2.39. The van der Waals surface area contributed by atoms with Crippen LogP contribution in [0.3, 0.4) is 0 Å². The van der Waals surface area contributed by atoms with Gasteiger partial charge in [-0.15, -0.1) is 11.8 Å². The summed E-state index contributed by atoms with van der Waals surface area (Å²) >= 11 is 13.7. The van der Waals surface area contributed by atoms with Crippen molar-refractivity contribution >= 4 is 40.9 Å². The van der Waals surface area contributed by atoms with Crippen molar-refractivity contribution in [3.05, 3.63) is 33.8 Å². The van der Waals surface area contributed by atoms with Crippen molar-refractivity contribution in [2.75, 3.05) is 12.8 Å².